The van der Waals surface area contributed by atoms with Gasteiger partial charge in [0.05, 0.1) is 14.2 Å². The molecular formula is C27H27N3O3. The first-order valence-electron chi connectivity index (χ1n) is 10.8. The van der Waals surface area contributed by atoms with Gasteiger partial charge in [-0.15, -0.1) is 0 Å². The summed E-state index contributed by atoms with van der Waals surface area (Å²) in [6.07, 6.45) is 4.14. The number of H-pyrrole nitrogens is 1. The number of aromatic amines is 1. The fraction of sp³-hybridized carbons (Fsp3) is 0.185. The number of rotatable bonds is 9. The number of benzene rings is 3. The number of hydrogen-bond donors (Lipinski definition) is 2. The van der Waals surface area contributed by atoms with E-state index in [1.165, 1.54) is 0 Å². The van der Waals surface area contributed by atoms with Crippen LogP contribution < -0.4 is 14.8 Å². The topological polar surface area (TPSA) is 76.2 Å². The lowest BCUT2D eigenvalue weighted by atomic mass is 9.84. The number of nitrogens with zero attached hydrogens (tertiary/aromatic N) is 1. The van der Waals surface area contributed by atoms with Gasteiger partial charge in [0.15, 0.2) is 0 Å². The molecule has 0 radical (unpaired) electrons. The second-order valence-electron chi connectivity index (χ2n) is 7.65. The van der Waals surface area contributed by atoms with Crippen molar-refractivity contribution in [2.45, 2.75) is 12.3 Å². The van der Waals surface area contributed by atoms with Gasteiger partial charge in [0, 0.05) is 36.8 Å². The van der Waals surface area contributed by atoms with Crippen LogP contribution in [0.1, 0.15) is 38.8 Å². The smallest absolute Gasteiger partial charge is 0.251 e. The molecule has 0 saturated heterocycles. The van der Waals surface area contributed by atoms with Crippen molar-refractivity contribution in [3.63, 3.8) is 0 Å². The zero-order valence-electron chi connectivity index (χ0n) is 18.7. The van der Waals surface area contributed by atoms with E-state index in [-0.39, 0.29) is 11.8 Å². The highest BCUT2D eigenvalue weighted by molar-refractivity contribution is 5.94. The van der Waals surface area contributed by atoms with Gasteiger partial charge in [0.25, 0.3) is 5.91 Å². The van der Waals surface area contributed by atoms with E-state index in [0.717, 1.165) is 34.0 Å². The number of ether oxygens (including phenoxy) is 2. The molecule has 6 nitrogen and oxygen atoms in total. The lowest BCUT2D eigenvalue weighted by Gasteiger charge is -2.20. The van der Waals surface area contributed by atoms with E-state index in [9.17, 15) is 4.79 Å². The van der Waals surface area contributed by atoms with Crippen LogP contribution in [-0.4, -0.2) is 36.6 Å². The maximum absolute atomic E-state index is 12.8. The van der Waals surface area contributed by atoms with Gasteiger partial charge in [-0.2, -0.15) is 0 Å². The number of methoxy groups -OCH3 is 2. The number of carbonyl (C=O) groups is 1. The lowest BCUT2D eigenvalue weighted by molar-refractivity contribution is 0.0954. The van der Waals surface area contributed by atoms with E-state index in [2.05, 4.69) is 45.6 Å². The summed E-state index contributed by atoms with van der Waals surface area (Å²) in [6.45, 7) is 0.511. The summed E-state index contributed by atoms with van der Waals surface area (Å²) in [6, 6.07) is 23.8. The Labute approximate surface area is 193 Å². The Balaban J connectivity index is 1.61. The van der Waals surface area contributed by atoms with Crippen LogP contribution in [0.25, 0.3) is 0 Å². The van der Waals surface area contributed by atoms with Crippen molar-refractivity contribution in [1.82, 2.24) is 15.3 Å². The third-order valence-corrected chi connectivity index (χ3v) is 5.58. The van der Waals surface area contributed by atoms with E-state index in [0.29, 0.717) is 18.5 Å². The number of carbonyl (C=O) groups excluding carboxylic acids is 1. The maximum atomic E-state index is 12.8. The second-order valence-corrected chi connectivity index (χ2v) is 7.65. The summed E-state index contributed by atoms with van der Waals surface area (Å²) >= 11 is 0. The zero-order valence-corrected chi connectivity index (χ0v) is 18.7. The van der Waals surface area contributed by atoms with Gasteiger partial charge in [-0.05, 0) is 53.1 Å². The summed E-state index contributed by atoms with van der Waals surface area (Å²) < 4.78 is 10.7. The van der Waals surface area contributed by atoms with Gasteiger partial charge in [-0.1, -0.05) is 36.4 Å². The Hall–Kier alpha value is -4.06. The van der Waals surface area contributed by atoms with Crippen LogP contribution in [0.3, 0.4) is 0 Å². The average Bonchev–Trinajstić information content (AvgIpc) is 3.39. The minimum atomic E-state index is -0.105. The molecule has 1 heterocycles. The molecular weight excluding hydrogens is 414 g/mol. The SMILES string of the molecule is COc1ccc(C(c2ccc(OC)cc2)c2cccc(C(=O)NCCc3ncc[nH]3)c2)cc1. The molecule has 0 aliphatic carbocycles. The molecule has 0 fully saturated rings. The molecule has 3 aromatic carbocycles. The van der Waals surface area contributed by atoms with Crippen LogP contribution in [0.4, 0.5) is 0 Å². The highest BCUT2D eigenvalue weighted by Crippen LogP contribution is 2.34. The number of nitrogens with one attached hydrogen (secondary N) is 2. The Morgan fingerprint density at radius 2 is 1.55 bits per heavy atom. The standard InChI is InChI=1S/C27H27N3O3/c1-32-23-10-6-19(7-11-23)26(20-8-12-24(33-2)13-9-20)21-4-3-5-22(18-21)27(31)30-15-14-25-28-16-17-29-25/h3-13,16-18,26H,14-15H2,1-2H3,(H,28,29)(H,30,31). The van der Waals surface area contributed by atoms with Crippen molar-refractivity contribution in [2.24, 2.45) is 0 Å². The number of imidazole rings is 1. The van der Waals surface area contributed by atoms with Crippen molar-refractivity contribution in [2.75, 3.05) is 20.8 Å². The molecule has 0 bridgehead atoms. The van der Waals surface area contributed by atoms with Gasteiger partial charge in [0.2, 0.25) is 0 Å². The Morgan fingerprint density at radius 1 is 0.909 bits per heavy atom. The molecule has 6 heteroatoms. The van der Waals surface area contributed by atoms with E-state index in [4.69, 9.17) is 9.47 Å². The molecule has 33 heavy (non-hydrogen) atoms. The largest absolute Gasteiger partial charge is 0.497 e. The highest BCUT2D eigenvalue weighted by atomic mass is 16.5. The minimum Gasteiger partial charge on any atom is -0.497 e. The fourth-order valence-corrected chi connectivity index (χ4v) is 3.86. The van der Waals surface area contributed by atoms with E-state index in [1.807, 2.05) is 42.5 Å². The fourth-order valence-electron chi connectivity index (χ4n) is 3.86. The Bertz CT molecular complexity index is 1120. The van der Waals surface area contributed by atoms with Crippen molar-refractivity contribution in [3.8, 4) is 11.5 Å². The molecule has 0 spiro atoms. The average molecular weight is 442 g/mol. The second kappa shape index (κ2) is 10.5. The highest BCUT2D eigenvalue weighted by Gasteiger charge is 2.19. The summed E-state index contributed by atoms with van der Waals surface area (Å²) in [5.41, 5.74) is 3.87. The first kappa shape index (κ1) is 22.1. The van der Waals surface area contributed by atoms with E-state index < -0.39 is 0 Å². The monoisotopic (exact) mass is 441 g/mol. The molecule has 1 aromatic heterocycles. The maximum Gasteiger partial charge on any atom is 0.251 e. The quantitative estimate of drug-likeness (QED) is 0.373. The Kier molecular flexibility index (Phi) is 7.05. The van der Waals surface area contributed by atoms with Gasteiger partial charge >= 0.3 is 0 Å². The summed E-state index contributed by atoms with van der Waals surface area (Å²) in [7, 11) is 3.31. The molecule has 0 aliphatic rings. The van der Waals surface area contributed by atoms with Gasteiger partial charge in [-0.3, -0.25) is 4.79 Å². The van der Waals surface area contributed by atoms with Crippen LogP contribution in [-0.2, 0) is 6.42 Å². The van der Waals surface area contributed by atoms with Gasteiger partial charge < -0.3 is 19.8 Å². The molecule has 1 amide bonds. The van der Waals surface area contributed by atoms with Gasteiger partial charge in [0.1, 0.15) is 17.3 Å². The third kappa shape index (κ3) is 5.41. The van der Waals surface area contributed by atoms with Crippen LogP contribution >= 0.6 is 0 Å². The van der Waals surface area contributed by atoms with Crippen molar-refractivity contribution < 1.29 is 14.3 Å². The molecule has 2 N–H and O–H groups in total. The molecule has 168 valence electrons. The van der Waals surface area contributed by atoms with Crippen molar-refractivity contribution >= 4 is 5.91 Å². The predicted octanol–water partition coefficient (Wildman–Crippen LogP) is 4.58. The Morgan fingerprint density at radius 3 is 2.09 bits per heavy atom. The van der Waals surface area contributed by atoms with Gasteiger partial charge in [-0.25, -0.2) is 4.98 Å². The van der Waals surface area contributed by atoms with Crippen LogP contribution in [0.15, 0.2) is 85.2 Å². The molecule has 4 aromatic rings. The molecule has 0 saturated carbocycles. The minimum absolute atomic E-state index is 0.0438. The summed E-state index contributed by atoms with van der Waals surface area (Å²) in [5.74, 6) is 2.31. The van der Waals surface area contributed by atoms with Crippen LogP contribution in [0.5, 0.6) is 11.5 Å². The third-order valence-electron chi connectivity index (χ3n) is 5.58. The molecule has 0 atom stereocenters. The number of hydrogen-bond acceptors (Lipinski definition) is 4. The number of aromatic nitrogens is 2. The molecule has 4 rings (SSSR count). The van der Waals surface area contributed by atoms with Crippen LogP contribution in [0, 0.1) is 0 Å². The molecule has 0 aliphatic heterocycles. The van der Waals surface area contributed by atoms with E-state index >= 15 is 0 Å². The first-order chi connectivity index (χ1) is 16.2. The summed E-state index contributed by atoms with van der Waals surface area (Å²) in [4.78, 5) is 20.1. The first-order valence-corrected chi connectivity index (χ1v) is 10.8. The zero-order chi connectivity index (χ0) is 23.0. The molecule has 0 unspecified atom stereocenters. The predicted molar refractivity (Wildman–Crippen MR) is 128 cm³/mol. The lowest BCUT2D eigenvalue weighted by Crippen LogP contribution is -2.26. The van der Waals surface area contributed by atoms with E-state index in [1.54, 1.807) is 26.6 Å². The van der Waals surface area contributed by atoms with Crippen molar-refractivity contribution in [1.29, 1.82) is 0 Å². The number of amides is 1. The van der Waals surface area contributed by atoms with Crippen molar-refractivity contribution in [3.05, 3.63) is 113 Å². The van der Waals surface area contributed by atoms with Crippen LogP contribution in [0.2, 0.25) is 0 Å². The normalized spacial score (nSPS) is 10.8. The summed E-state index contributed by atoms with van der Waals surface area (Å²) in [5, 5.41) is 2.98.